The number of carbonyl (C=O) groups is 1. The second-order valence-electron chi connectivity index (χ2n) is 12.4. The molecule has 1 aliphatic carbocycles. The molecule has 1 aromatic rings. The molecule has 1 saturated carbocycles. The maximum Gasteiger partial charge on any atom is 0.125 e. The van der Waals surface area contributed by atoms with Gasteiger partial charge in [-0.1, -0.05) is 27.7 Å². The first kappa shape index (κ1) is 23.9. The Balaban J connectivity index is 1.10. The van der Waals surface area contributed by atoms with Gasteiger partial charge in [0.2, 0.25) is 0 Å². The van der Waals surface area contributed by atoms with E-state index in [-0.39, 0.29) is 5.41 Å². The summed E-state index contributed by atoms with van der Waals surface area (Å²) in [4.78, 5) is 16.6. The van der Waals surface area contributed by atoms with Gasteiger partial charge in [0.05, 0.1) is 6.20 Å². The molecule has 1 aromatic heterocycles. The highest BCUT2D eigenvalue weighted by atomic mass is 16.1. The second kappa shape index (κ2) is 9.97. The van der Waals surface area contributed by atoms with Crippen molar-refractivity contribution in [2.45, 2.75) is 85.1 Å². The van der Waals surface area contributed by atoms with Gasteiger partial charge in [-0.2, -0.15) is 5.10 Å². The molecule has 3 fully saturated rings. The van der Waals surface area contributed by atoms with Crippen LogP contribution in [0.1, 0.15) is 84.1 Å². The third-order valence-corrected chi connectivity index (χ3v) is 8.70. The zero-order valence-corrected chi connectivity index (χ0v) is 21.1. The average Bonchev–Trinajstić information content (AvgIpc) is 3.22. The largest absolute Gasteiger partial charge is 0.303 e. The van der Waals surface area contributed by atoms with Gasteiger partial charge in [-0.05, 0) is 99.9 Å². The molecule has 0 aromatic carbocycles. The Hall–Kier alpha value is -1.20. The van der Waals surface area contributed by atoms with Crippen LogP contribution >= 0.6 is 0 Å². The number of hydrogen-bond donors (Lipinski definition) is 0. The van der Waals surface area contributed by atoms with Crippen LogP contribution in [-0.2, 0) is 11.3 Å². The molecular formula is C27H46N4O. The Morgan fingerprint density at radius 2 is 1.69 bits per heavy atom. The van der Waals surface area contributed by atoms with Crippen LogP contribution in [0, 0.1) is 22.7 Å². The normalized spacial score (nSPS) is 23.7. The SMILES string of the molecule is CC(C)c1cnn(CC2CCN(CCN3CCC4(CC3)CC(CC(C)(C)C=O)C4)CC2)c1. The van der Waals surface area contributed by atoms with Gasteiger partial charge in [-0.15, -0.1) is 0 Å². The monoisotopic (exact) mass is 442 g/mol. The Labute approximate surface area is 195 Å². The molecular weight excluding hydrogens is 396 g/mol. The first-order chi connectivity index (χ1) is 15.3. The fraction of sp³-hybridized carbons (Fsp3) is 0.852. The number of aromatic nitrogens is 2. The minimum Gasteiger partial charge on any atom is -0.303 e. The predicted molar refractivity (Wildman–Crippen MR) is 131 cm³/mol. The smallest absolute Gasteiger partial charge is 0.125 e. The molecule has 1 spiro atoms. The summed E-state index contributed by atoms with van der Waals surface area (Å²) in [5.74, 6) is 2.12. The molecule has 4 rings (SSSR count). The van der Waals surface area contributed by atoms with E-state index >= 15 is 0 Å². The van der Waals surface area contributed by atoms with E-state index in [1.165, 1.54) is 83.4 Å². The molecule has 32 heavy (non-hydrogen) atoms. The standard InChI is InChI=1S/C27H46N4O/c1-22(2)25-18-28-31(20-25)19-23-5-9-29(10-6-23)13-14-30-11-7-27(8-12-30)16-24(17-27)15-26(3,4)21-32/h18,20-24H,5-17,19H2,1-4H3. The van der Waals surface area contributed by atoms with Gasteiger partial charge < -0.3 is 14.6 Å². The van der Waals surface area contributed by atoms with Crippen LogP contribution in [0.5, 0.6) is 0 Å². The summed E-state index contributed by atoms with van der Waals surface area (Å²) in [6.07, 6.45) is 14.6. The summed E-state index contributed by atoms with van der Waals surface area (Å²) in [6, 6.07) is 0. The molecule has 5 heteroatoms. The lowest BCUT2D eigenvalue weighted by atomic mass is 9.55. The molecule has 0 N–H and O–H groups in total. The molecule has 2 aliphatic heterocycles. The van der Waals surface area contributed by atoms with E-state index in [4.69, 9.17) is 0 Å². The van der Waals surface area contributed by atoms with Crippen LogP contribution in [0.3, 0.4) is 0 Å². The minimum absolute atomic E-state index is 0.129. The van der Waals surface area contributed by atoms with E-state index in [2.05, 4.69) is 53.5 Å². The minimum atomic E-state index is -0.129. The van der Waals surface area contributed by atoms with Gasteiger partial charge in [-0.25, -0.2) is 0 Å². The Bertz CT molecular complexity index is 731. The summed E-state index contributed by atoms with van der Waals surface area (Å²) in [5.41, 5.74) is 1.84. The molecule has 2 saturated heterocycles. The summed E-state index contributed by atoms with van der Waals surface area (Å²) in [6.45, 7) is 17.3. The number of rotatable bonds is 9. The lowest BCUT2D eigenvalue weighted by molar-refractivity contribution is -0.117. The first-order valence-corrected chi connectivity index (χ1v) is 13.2. The topological polar surface area (TPSA) is 41.4 Å². The van der Waals surface area contributed by atoms with E-state index in [0.717, 1.165) is 31.1 Å². The summed E-state index contributed by atoms with van der Waals surface area (Å²) >= 11 is 0. The lowest BCUT2D eigenvalue weighted by Gasteiger charge is -2.53. The lowest BCUT2D eigenvalue weighted by Crippen LogP contribution is -2.49. The molecule has 3 heterocycles. The number of likely N-dealkylation sites (tertiary alicyclic amines) is 2. The van der Waals surface area contributed by atoms with Crippen LogP contribution in [0.2, 0.25) is 0 Å². The average molecular weight is 443 g/mol. The van der Waals surface area contributed by atoms with Crippen molar-refractivity contribution in [3.05, 3.63) is 18.0 Å². The number of hydrogen-bond acceptors (Lipinski definition) is 4. The van der Waals surface area contributed by atoms with Crippen molar-refractivity contribution in [3.8, 4) is 0 Å². The van der Waals surface area contributed by atoms with Crippen molar-refractivity contribution < 1.29 is 4.79 Å². The fourth-order valence-corrected chi connectivity index (χ4v) is 6.48. The van der Waals surface area contributed by atoms with Crippen LogP contribution < -0.4 is 0 Å². The van der Waals surface area contributed by atoms with Crippen LogP contribution in [0.15, 0.2) is 12.4 Å². The molecule has 0 radical (unpaired) electrons. The van der Waals surface area contributed by atoms with Crippen molar-refractivity contribution in [2.24, 2.45) is 22.7 Å². The molecule has 0 atom stereocenters. The second-order valence-corrected chi connectivity index (χ2v) is 12.4. The van der Waals surface area contributed by atoms with E-state index in [0.29, 0.717) is 11.3 Å². The third-order valence-electron chi connectivity index (χ3n) is 8.70. The molecule has 3 aliphatic rings. The summed E-state index contributed by atoms with van der Waals surface area (Å²) < 4.78 is 2.17. The van der Waals surface area contributed by atoms with Crippen molar-refractivity contribution in [3.63, 3.8) is 0 Å². The van der Waals surface area contributed by atoms with Gasteiger partial charge in [-0.3, -0.25) is 4.68 Å². The van der Waals surface area contributed by atoms with E-state index in [9.17, 15) is 4.79 Å². The van der Waals surface area contributed by atoms with Gasteiger partial charge in [0, 0.05) is 31.2 Å². The van der Waals surface area contributed by atoms with Crippen LogP contribution in [-0.4, -0.2) is 65.1 Å². The molecule has 180 valence electrons. The number of carbonyl (C=O) groups excluding carboxylic acids is 1. The Kier molecular flexibility index (Phi) is 7.46. The quantitative estimate of drug-likeness (QED) is 0.514. The third kappa shape index (κ3) is 6.02. The van der Waals surface area contributed by atoms with Crippen molar-refractivity contribution in [1.82, 2.24) is 19.6 Å². The van der Waals surface area contributed by atoms with Gasteiger partial charge in [0.1, 0.15) is 6.29 Å². The van der Waals surface area contributed by atoms with E-state index in [1.807, 2.05) is 6.20 Å². The van der Waals surface area contributed by atoms with Crippen molar-refractivity contribution in [1.29, 1.82) is 0 Å². The van der Waals surface area contributed by atoms with Crippen LogP contribution in [0.4, 0.5) is 0 Å². The highest BCUT2D eigenvalue weighted by molar-refractivity contribution is 5.57. The number of aldehydes is 1. The first-order valence-electron chi connectivity index (χ1n) is 13.2. The van der Waals surface area contributed by atoms with Crippen molar-refractivity contribution >= 4 is 6.29 Å². The maximum atomic E-state index is 11.2. The number of piperidine rings is 2. The molecule has 5 nitrogen and oxygen atoms in total. The summed E-state index contributed by atoms with van der Waals surface area (Å²) in [5, 5.41) is 4.58. The highest BCUT2D eigenvalue weighted by Crippen LogP contribution is 2.55. The van der Waals surface area contributed by atoms with Crippen LogP contribution in [0.25, 0.3) is 0 Å². The van der Waals surface area contributed by atoms with Gasteiger partial charge in [0.25, 0.3) is 0 Å². The van der Waals surface area contributed by atoms with Gasteiger partial charge >= 0.3 is 0 Å². The zero-order chi connectivity index (χ0) is 22.8. The summed E-state index contributed by atoms with van der Waals surface area (Å²) in [7, 11) is 0. The molecule has 0 unspecified atom stereocenters. The van der Waals surface area contributed by atoms with Gasteiger partial charge in [0.15, 0.2) is 0 Å². The number of nitrogens with zero attached hydrogens (tertiary/aromatic N) is 4. The Morgan fingerprint density at radius 1 is 1.06 bits per heavy atom. The Morgan fingerprint density at radius 3 is 2.25 bits per heavy atom. The van der Waals surface area contributed by atoms with E-state index in [1.54, 1.807) is 0 Å². The van der Waals surface area contributed by atoms with Crippen molar-refractivity contribution in [2.75, 3.05) is 39.3 Å². The molecule has 0 bridgehead atoms. The zero-order valence-electron chi connectivity index (χ0n) is 21.1. The fourth-order valence-electron chi connectivity index (χ4n) is 6.48. The molecule has 0 amide bonds. The predicted octanol–water partition coefficient (Wildman–Crippen LogP) is 4.83. The van der Waals surface area contributed by atoms with E-state index < -0.39 is 0 Å². The highest BCUT2D eigenvalue weighted by Gasteiger charge is 2.46. The maximum absolute atomic E-state index is 11.2.